The van der Waals surface area contributed by atoms with Crippen molar-refractivity contribution < 1.29 is 19.4 Å². The van der Waals surface area contributed by atoms with E-state index in [4.69, 9.17) is 4.74 Å². The summed E-state index contributed by atoms with van der Waals surface area (Å²) in [7, 11) is 1.41. The van der Waals surface area contributed by atoms with Gasteiger partial charge in [-0.3, -0.25) is 9.69 Å². The van der Waals surface area contributed by atoms with Crippen LogP contribution < -0.4 is 5.56 Å². The Morgan fingerprint density at radius 3 is 2.19 bits per heavy atom. The Morgan fingerprint density at radius 2 is 1.65 bits per heavy atom. The number of hydrogen-bond acceptors (Lipinski definition) is 4. The molecule has 158 valence electrons. The summed E-state index contributed by atoms with van der Waals surface area (Å²) in [5, 5.41) is 9.63. The van der Waals surface area contributed by atoms with Crippen LogP contribution in [0, 0.1) is 0 Å². The Balaban J connectivity index is 1.48. The zero-order valence-corrected chi connectivity index (χ0v) is 16.9. The van der Waals surface area contributed by atoms with Crippen molar-refractivity contribution in [3.8, 4) is 11.1 Å². The molecule has 1 aliphatic carbocycles. The van der Waals surface area contributed by atoms with E-state index in [0.717, 1.165) is 27.2 Å². The summed E-state index contributed by atoms with van der Waals surface area (Å²) in [6.07, 6.45) is 0.787. The molecule has 1 atom stereocenters. The lowest BCUT2D eigenvalue weighted by molar-refractivity contribution is -0.142. The highest BCUT2D eigenvalue weighted by atomic mass is 16.6. The van der Waals surface area contributed by atoms with Crippen LogP contribution >= 0.6 is 0 Å². The van der Waals surface area contributed by atoms with Gasteiger partial charge in [-0.2, -0.15) is 0 Å². The number of pyridine rings is 1. The van der Waals surface area contributed by atoms with E-state index in [1.54, 1.807) is 6.07 Å². The van der Waals surface area contributed by atoms with Crippen LogP contribution in [0.2, 0.25) is 0 Å². The summed E-state index contributed by atoms with van der Waals surface area (Å²) >= 11 is 0. The summed E-state index contributed by atoms with van der Waals surface area (Å²) in [5.41, 5.74) is 4.73. The van der Waals surface area contributed by atoms with E-state index in [-0.39, 0.29) is 24.5 Å². The number of likely N-dealkylation sites (N-methyl/N-ethyl adjacent to an activating group) is 1. The summed E-state index contributed by atoms with van der Waals surface area (Å²) in [5.74, 6) is -1.26. The zero-order valence-electron chi connectivity index (χ0n) is 16.9. The predicted molar refractivity (Wildman–Crippen MR) is 115 cm³/mol. The van der Waals surface area contributed by atoms with Crippen LogP contribution in [0.4, 0.5) is 4.79 Å². The minimum Gasteiger partial charge on any atom is -0.480 e. The van der Waals surface area contributed by atoms with E-state index in [1.807, 2.05) is 48.5 Å². The second-order valence-corrected chi connectivity index (χ2v) is 7.53. The number of carbonyl (C=O) groups excluding carboxylic acids is 1. The highest BCUT2D eigenvalue weighted by Gasteiger charge is 2.32. The van der Waals surface area contributed by atoms with E-state index in [0.29, 0.717) is 5.56 Å². The quantitative estimate of drug-likeness (QED) is 0.640. The van der Waals surface area contributed by atoms with E-state index in [1.165, 1.54) is 19.3 Å². The lowest BCUT2D eigenvalue weighted by atomic mass is 9.98. The summed E-state index contributed by atoms with van der Waals surface area (Å²) in [6, 6.07) is 17.7. The van der Waals surface area contributed by atoms with Gasteiger partial charge in [-0.15, -0.1) is 0 Å². The molecule has 0 unspecified atom stereocenters. The van der Waals surface area contributed by atoms with E-state index in [2.05, 4.69) is 4.98 Å². The first-order valence-electron chi connectivity index (χ1n) is 9.94. The molecule has 2 N–H and O–H groups in total. The van der Waals surface area contributed by atoms with Gasteiger partial charge >= 0.3 is 12.1 Å². The molecule has 1 aromatic heterocycles. The smallest absolute Gasteiger partial charge is 0.410 e. The Hall–Kier alpha value is -3.87. The molecule has 0 radical (unpaired) electrons. The second-order valence-electron chi connectivity index (χ2n) is 7.53. The standard InChI is InChI=1S/C24H22N2O5/c1-26(21(23(28)29)12-15-10-11-22(27)25-13-15)24(30)31-14-20-18-8-4-2-6-16(18)17-7-3-5-9-19(17)20/h2-11,13,20-21H,12,14H2,1H3,(H,25,27)(H,28,29)/t21-/m0/s1. The van der Waals surface area contributed by atoms with E-state index in [9.17, 15) is 19.5 Å². The van der Waals surface area contributed by atoms with Crippen LogP contribution in [0.25, 0.3) is 11.1 Å². The number of carboxylic acid groups (broad SMARTS) is 1. The van der Waals surface area contributed by atoms with Crippen LogP contribution in [0.1, 0.15) is 22.6 Å². The molecule has 0 saturated heterocycles. The second kappa shape index (κ2) is 8.47. The molecule has 0 fully saturated rings. The molecule has 0 aliphatic heterocycles. The van der Waals surface area contributed by atoms with Gasteiger partial charge in [-0.1, -0.05) is 54.6 Å². The van der Waals surface area contributed by atoms with Crippen molar-refractivity contribution in [3.05, 3.63) is 93.9 Å². The SMILES string of the molecule is CN(C(=O)OCC1c2ccccc2-c2ccccc21)[C@@H](Cc1ccc(=O)[nH]c1)C(=O)O. The summed E-state index contributed by atoms with van der Waals surface area (Å²) in [4.78, 5) is 39.3. The van der Waals surface area contributed by atoms with Gasteiger partial charge < -0.3 is 14.8 Å². The minimum absolute atomic E-state index is 0.0484. The van der Waals surface area contributed by atoms with Crippen LogP contribution in [-0.4, -0.2) is 46.7 Å². The number of rotatable bonds is 6. The number of carbonyl (C=O) groups is 2. The lowest BCUT2D eigenvalue weighted by Crippen LogP contribution is -2.44. The van der Waals surface area contributed by atoms with Crippen molar-refractivity contribution >= 4 is 12.1 Å². The Kier molecular flexibility index (Phi) is 5.58. The molecule has 2 aromatic carbocycles. The number of nitrogens with one attached hydrogen (secondary N) is 1. The van der Waals surface area contributed by atoms with Crippen molar-refractivity contribution in [2.75, 3.05) is 13.7 Å². The number of H-pyrrole nitrogens is 1. The maximum atomic E-state index is 12.7. The van der Waals surface area contributed by atoms with Gasteiger partial charge in [0, 0.05) is 31.6 Å². The number of ether oxygens (including phenoxy) is 1. The average Bonchev–Trinajstić information content (AvgIpc) is 3.10. The van der Waals surface area contributed by atoms with E-state index >= 15 is 0 Å². The number of benzene rings is 2. The number of hydrogen-bond donors (Lipinski definition) is 2. The maximum Gasteiger partial charge on any atom is 0.410 e. The fourth-order valence-corrected chi connectivity index (χ4v) is 4.01. The molecule has 7 heteroatoms. The normalized spacial score (nSPS) is 13.2. The summed E-state index contributed by atoms with van der Waals surface area (Å²) < 4.78 is 5.56. The molecule has 1 amide bonds. The topological polar surface area (TPSA) is 99.7 Å². The fraction of sp³-hybridized carbons (Fsp3) is 0.208. The third kappa shape index (κ3) is 4.07. The molecule has 1 heterocycles. The number of aliphatic carboxylic acids is 1. The van der Waals surface area contributed by atoms with Crippen molar-refractivity contribution in [1.82, 2.24) is 9.88 Å². The fourth-order valence-electron chi connectivity index (χ4n) is 4.01. The molecule has 3 aromatic rings. The van der Waals surface area contributed by atoms with Crippen molar-refractivity contribution in [2.45, 2.75) is 18.4 Å². The minimum atomic E-state index is -1.15. The predicted octanol–water partition coefficient (Wildman–Crippen LogP) is 3.25. The molecular weight excluding hydrogens is 396 g/mol. The van der Waals surface area contributed by atoms with Crippen molar-refractivity contribution in [2.24, 2.45) is 0 Å². The van der Waals surface area contributed by atoms with Gasteiger partial charge in [-0.05, 0) is 27.8 Å². The highest BCUT2D eigenvalue weighted by molar-refractivity contribution is 5.81. The first-order valence-corrected chi connectivity index (χ1v) is 9.94. The number of aromatic amines is 1. The average molecular weight is 418 g/mol. The van der Waals surface area contributed by atoms with Gasteiger partial charge in [0.2, 0.25) is 5.56 Å². The van der Waals surface area contributed by atoms with Crippen LogP contribution in [0.15, 0.2) is 71.7 Å². The Morgan fingerprint density at radius 1 is 1.03 bits per heavy atom. The van der Waals surface area contributed by atoms with Gasteiger partial charge in [0.05, 0.1) is 0 Å². The third-order valence-corrected chi connectivity index (χ3v) is 5.65. The zero-order chi connectivity index (χ0) is 22.0. The van der Waals surface area contributed by atoms with Crippen LogP contribution in [0.5, 0.6) is 0 Å². The van der Waals surface area contributed by atoms with Gasteiger partial charge in [0.15, 0.2) is 0 Å². The number of aromatic nitrogens is 1. The maximum absolute atomic E-state index is 12.7. The van der Waals surface area contributed by atoms with Gasteiger partial charge in [0.25, 0.3) is 0 Å². The Labute approximate surface area is 178 Å². The van der Waals surface area contributed by atoms with Gasteiger partial charge in [-0.25, -0.2) is 9.59 Å². The molecule has 0 spiro atoms. The largest absolute Gasteiger partial charge is 0.480 e. The molecular formula is C24H22N2O5. The van der Waals surface area contributed by atoms with E-state index < -0.39 is 18.1 Å². The molecule has 0 bridgehead atoms. The summed E-state index contributed by atoms with van der Waals surface area (Å²) in [6.45, 7) is 0.113. The molecule has 0 saturated carbocycles. The highest BCUT2D eigenvalue weighted by Crippen LogP contribution is 2.44. The first kappa shape index (κ1) is 20.4. The Bertz CT molecular complexity index is 1120. The number of nitrogens with zero attached hydrogens (tertiary/aromatic N) is 1. The van der Waals surface area contributed by atoms with Crippen molar-refractivity contribution in [3.63, 3.8) is 0 Å². The monoisotopic (exact) mass is 418 g/mol. The third-order valence-electron chi connectivity index (χ3n) is 5.65. The molecule has 1 aliphatic rings. The van der Waals surface area contributed by atoms with Crippen LogP contribution in [-0.2, 0) is 16.0 Å². The van der Waals surface area contributed by atoms with Crippen molar-refractivity contribution in [1.29, 1.82) is 0 Å². The molecule has 4 rings (SSSR count). The van der Waals surface area contributed by atoms with Gasteiger partial charge in [0.1, 0.15) is 12.6 Å². The molecule has 31 heavy (non-hydrogen) atoms. The number of fused-ring (bicyclic) bond motifs is 3. The first-order chi connectivity index (χ1) is 15.0. The lowest BCUT2D eigenvalue weighted by Gasteiger charge is -2.25. The van der Waals surface area contributed by atoms with Crippen LogP contribution in [0.3, 0.4) is 0 Å². The number of carboxylic acids is 1. The molecule has 7 nitrogen and oxygen atoms in total. The number of amides is 1.